The van der Waals surface area contributed by atoms with Crippen LogP contribution in [-0.2, 0) is 12.8 Å². The van der Waals surface area contributed by atoms with Crippen molar-refractivity contribution in [1.82, 2.24) is 4.98 Å². The fourth-order valence-electron chi connectivity index (χ4n) is 3.78. The van der Waals surface area contributed by atoms with Crippen molar-refractivity contribution in [2.45, 2.75) is 71.6 Å². The average Bonchev–Trinajstić information content (AvgIpc) is 2.78. The average molecular weight is 386 g/mol. The molecule has 1 nitrogen and oxygen atoms in total. The van der Waals surface area contributed by atoms with E-state index in [9.17, 15) is 0 Å². The summed E-state index contributed by atoms with van der Waals surface area (Å²) in [5.74, 6) is 0. The predicted molar refractivity (Wildman–Crippen MR) is 126 cm³/mol. The molecule has 29 heavy (non-hydrogen) atoms. The summed E-state index contributed by atoms with van der Waals surface area (Å²) in [4.78, 5) is 4.68. The minimum absolute atomic E-state index is 1.05. The molecule has 0 radical (unpaired) electrons. The Kier molecular flexibility index (Phi) is 8.49. The number of pyridine rings is 1. The zero-order valence-corrected chi connectivity index (χ0v) is 18.2. The summed E-state index contributed by atoms with van der Waals surface area (Å²) < 4.78 is 0. The summed E-state index contributed by atoms with van der Waals surface area (Å²) in [7, 11) is 0. The molecule has 3 rings (SSSR count). The van der Waals surface area contributed by atoms with E-state index in [-0.39, 0.29) is 0 Å². The number of nitrogens with zero attached hydrogens (tertiary/aromatic N) is 1. The third-order valence-electron chi connectivity index (χ3n) is 5.68. The number of hydrogen-bond donors (Lipinski definition) is 0. The van der Waals surface area contributed by atoms with E-state index < -0.39 is 0 Å². The molecule has 152 valence electrons. The topological polar surface area (TPSA) is 12.9 Å². The number of unbranched alkanes of at least 4 members (excludes halogenated alkanes) is 5. The van der Waals surface area contributed by atoms with Crippen molar-refractivity contribution in [2.75, 3.05) is 0 Å². The van der Waals surface area contributed by atoms with Gasteiger partial charge in [-0.2, -0.15) is 0 Å². The molecule has 0 atom stereocenters. The number of aromatic nitrogens is 1. The van der Waals surface area contributed by atoms with Gasteiger partial charge in [0.15, 0.2) is 0 Å². The minimum atomic E-state index is 1.05. The Hall–Kier alpha value is -2.41. The van der Waals surface area contributed by atoms with Crippen LogP contribution in [0.25, 0.3) is 22.4 Å². The van der Waals surface area contributed by atoms with Crippen molar-refractivity contribution in [2.24, 2.45) is 0 Å². The van der Waals surface area contributed by atoms with E-state index in [1.165, 1.54) is 79.2 Å². The van der Waals surface area contributed by atoms with E-state index in [4.69, 9.17) is 0 Å². The van der Waals surface area contributed by atoms with Crippen LogP contribution in [0.5, 0.6) is 0 Å². The van der Waals surface area contributed by atoms with Gasteiger partial charge >= 0.3 is 0 Å². The second kappa shape index (κ2) is 11.6. The molecular weight excluding hydrogens is 350 g/mol. The number of aryl methyl sites for hydroxylation is 2. The molecule has 0 saturated heterocycles. The van der Waals surface area contributed by atoms with Crippen molar-refractivity contribution in [3.8, 4) is 22.4 Å². The first-order chi connectivity index (χ1) is 14.3. The van der Waals surface area contributed by atoms with Gasteiger partial charge in [-0.15, -0.1) is 0 Å². The van der Waals surface area contributed by atoms with Gasteiger partial charge in [-0.3, -0.25) is 4.98 Å². The van der Waals surface area contributed by atoms with Crippen molar-refractivity contribution in [1.29, 1.82) is 0 Å². The highest BCUT2D eigenvalue weighted by Crippen LogP contribution is 2.25. The van der Waals surface area contributed by atoms with E-state index in [0.29, 0.717) is 0 Å². The zero-order chi connectivity index (χ0) is 20.3. The fourth-order valence-corrected chi connectivity index (χ4v) is 3.78. The van der Waals surface area contributed by atoms with Crippen LogP contribution in [-0.4, -0.2) is 4.98 Å². The Morgan fingerprint density at radius 2 is 1.03 bits per heavy atom. The van der Waals surface area contributed by atoms with Gasteiger partial charge < -0.3 is 0 Å². The first kappa shape index (κ1) is 21.3. The van der Waals surface area contributed by atoms with Gasteiger partial charge in [-0.25, -0.2) is 0 Å². The van der Waals surface area contributed by atoms with Gasteiger partial charge in [0.1, 0.15) is 0 Å². The Bertz CT molecular complexity index is 829. The van der Waals surface area contributed by atoms with E-state index >= 15 is 0 Å². The van der Waals surface area contributed by atoms with Crippen LogP contribution >= 0.6 is 0 Å². The first-order valence-electron chi connectivity index (χ1n) is 11.4. The summed E-state index contributed by atoms with van der Waals surface area (Å²) in [6.07, 6.45) is 13.5. The third-order valence-corrected chi connectivity index (χ3v) is 5.68. The zero-order valence-electron chi connectivity index (χ0n) is 18.2. The maximum absolute atomic E-state index is 4.68. The second-order valence-corrected chi connectivity index (χ2v) is 8.09. The van der Waals surface area contributed by atoms with E-state index in [2.05, 4.69) is 79.5 Å². The molecule has 0 fully saturated rings. The molecule has 0 aliphatic heterocycles. The van der Waals surface area contributed by atoms with E-state index in [1.807, 2.05) is 6.20 Å². The third kappa shape index (κ3) is 6.56. The molecule has 2 aromatic carbocycles. The van der Waals surface area contributed by atoms with E-state index in [1.54, 1.807) is 0 Å². The molecule has 1 aromatic heterocycles. The summed E-state index contributed by atoms with van der Waals surface area (Å²) in [5.41, 5.74) is 7.58. The quantitative estimate of drug-likeness (QED) is 0.303. The van der Waals surface area contributed by atoms with Gasteiger partial charge in [0, 0.05) is 11.8 Å². The lowest BCUT2D eigenvalue weighted by Gasteiger charge is -2.07. The normalized spacial score (nSPS) is 11.0. The van der Waals surface area contributed by atoms with Crippen molar-refractivity contribution in [3.05, 3.63) is 78.0 Å². The highest BCUT2D eigenvalue weighted by atomic mass is 14.7. The molecule has 0 bridgehead atoms. The van der Waals surface area contributed by atoms with Gasteiger partial charge in [-0.1, -0.05) is 101 Å². The Morgan fingerprint density at radius 1 is 0.517 bits per heavy atom. The standard InChI is InChI=1S/C28H35N/c1-3-5-7-9-10-23-12-15-25(16-13-23)26-17-19-27(20-18-26)28-21-14-24(22-29-28)11-8-6-4-2/h12-22H,3-11H2,1-2H3. The highest BCUT2D eigenvalue weighted by molar-refractivity contribution is 5.69. The smallest absolute Gasteiger partial charge is 0.0702 e. The Morgan fingerprint density at radius 3 is 1.66 bits per heavy atom. The Balaban J connectivity index is 1.59. The molecule has 3 aromatic rings. The number of rotatable bonds is 11. The second-order valence-electron chi connectivity index (χ2n) is 8.09. The van der Waals surface area contributed by atoms with Gasteiger partial charge in [0.25, 0.3) is 0 Å². The summed E-state index contributed by atoms with van der Waals surface area (Å²) in [5, 5.41) is 0. The molecule has 0 aliphatic rings. The molecule has 0 saturated carbocycles. The fraction of sp³-hybridized carbons (Fsp3) is 0.393. The molecular formula is C28H35N. The molecule has 1 heterocycles. The van der Waals surface area contributed by atoms with Gasteiger partial charge in [-0.05, 0) is 54.0 Å². The maximum atomic E-state index is 4.68. The molecule has 1 heteroatoms. The maximum Gasteiger partial charge on any atom is 0.0702 e. The molecule has 0 spiro atoms. The molecule has 0 amide bonds. The first-order valence-corrected chi connectivity index (χ1v) is 11.4. The van der Waals surface area contributed by atoms with Crippen LogP contribution in [0, 0.1) is 0 Å². The summed E-state index contributed by atoms with van der Waals surface area (Å²) >= 11 is 0. The van der Waals surface area contributed by atoms with Crippen molar-refractivity contribution in [3.63, 3.8) is 0 Å². The predicted octanol–water partition coefficient (Wildman–Crippen LogP) is 8.27. The number of hydrogen-bond acceptors (Lipinski definition) is 1. The molecule has 0 unspecified atom stereocenters. The van der Waals surface area contributed by atoms with Gasteiger partial charge in [0.05, 0.1) is 5.69 Å². The monoisotopic (exact) mass is 385 g/mol. The largest absolute Gasteiger partial charge is 0.256 e. The molecule has 0 N–H and O–H groups in total. The van der Waals surface area contributed by atoms with Crippen LogP contribution in [0.15, 0.2) is 66.9 Å². The van der Waals surface area contributed by atoms with Gasteiger partial charge in [0.2, 0.25) is 0 Å². The SMILES string of the molecule is CCCCCCc1ccc(-c2ccc(-c3ccc(CCCCC)cn3)cc2)cc1. The van der Waals surface area contributed by atoms with Crippen LogP contribution in [0.4, 0.5) is 0 Å². The van der Waals surface area contributed by atoms with Crippen LogP contribution in [0.3, 0.4) is 0 Å². The van der Waals surface area contributed by atoms with Crippen LogP contribution in [0.2, 0.25) is 0 Å². The van der Waals surface area contributed by atoms with Crippen molar-refractivity contribution < 1.29 is 0 Å². The number of benzene rings is 2. The lowest BCUT2D eigenvalue weighted by atomic mass is 9.99. The lowest BCUT2D eigenvalue weighted by Crippen LogP contribution is -1.89. The highest BCUT2D eigenvalue weighted by Gasteiger charge is 2.03. The Labute approximate surface area is 177 Å². The van der Waals surface area contributed by atoms with Crippen LogP contribution < -0.4 is 0 Å². The summed E-state index contributed by atoms with van der Waals surface area (Å²) in [6, 6.07) is 22.3. The summed E-state index contributed by atoms with van der Waals surface area (Å²) in [6.45, 7) is 4.51. The van der Waals surface area contributed by atoms with Crippen LogP contribution in [0.1, 0.15) is 69.9 Å². The van der Waals surface area contributed by atoms with Crippen molar-refractivity contribution >= 4 is 0 Å². The lowest BCUT2D eigenvalue weighted by molar-refractivity contribution is 0.667. The minimum Gasteiger partial charge on any atom is -0.256 e. The molecule has 0 aliphatic carbocycles. The van der Waals surface area contributed by atoms with E-state index in [0.717, 1.165) is 12.1 Å².